The molecule has 144 valence electrons. The monoisotopic (exact) mass is 374 g/mol. The third-order valence-corrected chi connectivity index (χ3v) is 3.56. The molecular formula is C20H23FN2O4. The van der Waals surface area contributed by atoms with Gasteiger partial charge in [-0.3, -0.25) is 4.98 Å². The highest BCUT2D eigenvalue weighted by Gasteiger charge is 2.16. The molecule has 0 atom stereocenters. The molecule has 1 aromatic heterocycles. The van der Waals surface area contributed by atoms with Crippen LogP contribution < -0.4 is 5.32 Å². The van der Waals surface area contributed by atoms with Crippen LogP contribution in [-0.2, 0) is 22.4 Å². The van der Waals surface area contributed by atoms with Gasteiger partial charge in [0.1, 0.15) is 11.4 Å². The average Bonchev–Trinajstić information content (AvgIpc) is 2.60. The summed E-state index contributed by atoms with van der Waals surface area (Å²) in [5.41, 5.74) is 1.49. The largest absolute Gasteiger partial charge is 0.465 e. The molecule has 0 unspecified atom stereocenters. The van der Waals surface area contributed by atoms with E-state index in [1.54, 1.807) is 45.2 Å². The van der Waals surface area contributed by atoms with Gasteiger partial charge in [-0.15, -0.1) is 0 Å². The van der Waals surface area contributed by atoms with Gasteiger partial charge < -0.3 is 14.8 Å². The summed E-state index contributed by atoms with van der Waals surface area (Å²) in [6, 6.07) is 6.36. The molecule has 0 fully saturated rings. The summed E-state index contributed by atoms with van der Waals surface area (Å²) in [4.78, 5) is 27.2. The molecule has 2 rings (SSSR count). The maximum absolute atomic E-state index is 14.4. The number of alkyl carbamates (subject to hydrolysis) is 1. The molecular weight excluding hydrogens is 351 g/mol. The second kappa shape index (κ2) is 8.62. The summed E-state index contributed by atoms with van der Waals surface area (Å²) in [6.07, 6.45) is 2.70. The highest BCUT2D eigenvalue weighted by molar-refractivity contribution is 5.89. The molecule has 6 nitrogen and oxygen atoms in total. The topological polar surface area (TPSA) is 77.5 Å². The summed E-state index contributed by atoms with van der Waals surface area (Å²) in [7, 11) is 1.29. The number of hydrogen-bond donors (Lipinski definition) is 1. The predicted molar refractivity (Wildman–Crippen MR) is 97.9 cm³/mol. The fourth-order valence-corrected chi connectivity index (χ4v) is 2.37. The van der Waals surface area contributed by atoms with E-state index in [9.17, 15) is 14.0 Å². The van der Waals surface area contributed by atoms with Crippen LogP contribution in [0.25, 0.3) is 0 Å². The first-order valence-electron chi connectivity index (χ1n) is 8.44. The molecule has 7 heteroatoms. The van der Waals surface area contributed by atoms with Gasteiger partial charge in [0, 0.05) is 25.4 Å². The number of esters is 1. The van der Waals surface area contributed by atoms with Crippen LogP contribution in [0.2, 0.25) is 0 Å². The second-order valence-electron chi connectivity index (χ2n) is 7.03. The van der Waals surface area contributed by atoms with E-state index in [2.05, 4.69) is 15.0 Å². The Balaban J connectivity index is 2.02. The summed E-state index contributed by atoms with van der Waals surface area (Å²) in [5.74, 6) is -0.893. The van der Waals surface area contributed by atoms with Crippen LogP contribution in [0.1, 0.15) is 47.8 Å². The lowest BCUT2D eigenvalue weighted by atomic mass is 10.0. The molecule has 0 spiro atoms. The maximum atomic E-state index is 14.4. The Hall–Kier alpha value is -2.96. The number of nitrogens with one attached hydrogen (secondary N) is 1. The molecule has 1 aromatic carbocycles. The lowest BCUT2D eigenvalue weighted by Gasteiger charge is -2.19. The molecule has 1 heterocycles. The SMILES string of the molecule is COC(=O)c1cncc(Cc2ccc(CNC(=O)OC(C)(C)C)cc2F)c1. The molecule has 1 amide bonds. The van der Waals surface area contributed by atoms with Crippen molar-refractivity contribution in [3.8, 4) is 0 Å². The Labute approximate surface area is 157 Å². The van der Waals surface area contributed by atoms with Crippen LogP contribution in [-0.4, -0.2) is 29.8 Å². The quantitative estimate of drug-likeness (QED) is 0.809. The summed E-state index contributed by atoms with van der Waals surface area (Å²) in [5, 5.41) is 2.59. The Bertz CT molecular complexity index is 831. The van der Waals surface area contributed by atoms with Crippen molar-refractivity contribution < 1.29 is 23.5 Å². The van der Waals surface area contributed by atoms with Crippen LogP contribution in [0.5, 0.6) is 0 Å². The van der Waals surface area contributed by atoms with Crippen molar-refractivity contribution in [3.05, 3.63) is 64.7 Å². The van der Waals surface area contributed by atoms with E-state index in [-0.39, 0.29) is 13.0 Å². The Kier molecular flexibility index (Phi) is 6.50. The minimum Gasteiger partial charge on any atom is -0.465 e. The Morgan fingerprint density at radius 1 is 1.15 bits per heavy atom. The highest BCUT2D eigenvalue weighted by Crippen LogP contribution is 2.16. The number of carbonyl (C=O) groups is 2. The zero-order chi connectivity index (χ0) is 20.0. The summed E-state index contributed by atoms with van der Waals surface area (Å²) in [6.45, 7) is 5.47. The first-order chi connectivity index (χ1) is 12.7. The van der Waals surface area contributed by atoms with Gasteiger partial charge in [-0.2, -0.15) is 0 Å². The molecule has 2 aromatic rings. The van der Waals surface area contributed by atoms with Crippen molar-refractivity contribution in [1.29, 1.82) is 0 Å². The lowest BCUT2D eigenvalue weighted by molar-refractivity contribution is 0.0522. The van der Waals surface area contributed by atoms with Crippen molar-refractivity contribution in [1.82, 2.24) is 10.3 Å². The van der Waals surface area contributed by atoms with Crippen LogP contribution in [0.15, 0.2) is 36.7 Å². The number of halogens is 1. The molecule has 0 saturated carbocycles. The summed E-state index contributed by atoms with van der Waals surface area (Å²) < 4.78 is 24.2. The van der Waals surface area contributed by atoms with Crippen LogP contribution in [0.3, 0.4) is 0 Å². The third kappa shape index (κ3) is 6.36. The minimum atomic E-state index is -0.591. The minimum absolute atomic E-state index is 0.158. The number of methoxy groups -OCH3 is 1. The van der Waals surface area contributed by atoms with E-state index in [0.717, 1.165) is 0 Å². The van der Waals surface area contributed by atoms with Gasteiger partial charge in [-0.1, -0.05) is 12.1 Å². The number of nitrogens with zero attached hydrogens (tertiary/aromatic N) is 1. The van der Waals surface area contributed by atoms with Gasteiger partial charge >= 0.3 is 12.1 Å². The molecule has 0 aliphatic carbocycles. The lowest BCUT2D eigenvalue weighted by Crippen LogP contribution is -2.32. The van der Waals surface area contributed by atoms with E-state index in [1.165, 1.54) is 19.4 Å². The maximum Gasteiger partial charge on any atom is 0.407 e. The van der Waals surface area contributed by atoms with Crippen molar-refractivity contribution in [3.63, 3.8) is 0 Å². The number of amides is 1. The second-order valence-corrected chi connectivity index (χ2v) is 7.03. The van der Waals surface area contributed by atoms with Crippen molar-refractivity contribution >= 4 is 12.1 Å². The zero-order valence-corrected chi connectivity index (χ0v) is 15.8. The molecule has 1 N–H and O–H groups in total. The predicted octanol–water partition coefficient (Wildman–Crippen LogP) is 3.62. The fraction of sp³-hybridized carbons (Fsp3) is 0.350. The molecule has 0 saturated heterocycles. The van der Waals surface area contributed by atoms with Gasteiger partial charge in [-0.05, 0) is 49.6 Å². The van der Waals surface area contributed by atoms with E-state index in [1.807, 2.05) is 0 Å². The van der Waals surface area contributed by atoms with E-state index in [0.29, 0.717) is 22.3 Å². The van der Waals surface area contributed by atoms with E-state index < -0.39 is 23.5 Å². The van der Waals surface area contributed by atoms with Crippen LogP contribution in [0.4, 0.5) is 9.18 Å². The molecule has 0 aliphatic heterocycles. The number of rotatable bonds is 5. The Morgan fingerprint density at radius 2 is 1.89 bits per heavy atom. The van der Waals surface area contributed by atoms with Gasteiger partial charge in [0.2, 0.25) is 0 Å². The summed E-state index contributed by atoms with van der Waals surface area (Å²) >= 11 is 0. The van der Waals surface area contributed by atoms with Crippen molar-refractivity contribution in [2.75, 3.05) is 7.11 Å². The number of hydrogen-bond acceptors (Lipinski definition) is 5. The van der Waals surface area contributed by atoms with Crippen LogP contribution >= 0.6 is 0 Å². The zero-order valence-electron chi connectivity index (χ0n) is 15.8. The average molecular weight is 374 g/mol. The molecule has 0 aliphatic rings. The number of ether oxygens (including phenoxy) is 2. The first kappa shape index (κ1) is 20.4. The number of carbonyl (C=O) groups excluding carboxylic acids is 2. The number of pyridine rings is 1. The van der Waals surface area contributed by atoms with E-state index in [4.69, 9.17) is 4.74 Å². The fourth-order valence-electron chi connectivity index (χ4n) is 2.37. The van der Waals surface area contributed by atoms with Crippen LogP contribution in [0, 0.1) is 5.82 Å². The van der Waals surface area contributed by atoms with Gasteiger partial charge in [0.25, 0.3) is 0 Å². The van der Waals surface area contributed by atoms with Gasteiger partial charge in [0.05, 0.1) is 12.7 Å². The first-order valence-corrected chi connectivity index (χ1v) is 8.44. The number of aromatic nitrogens is 1. The normalized spacial score (nSPS) is 11.0. The van der Waals surface area contributed by atoms with Gasteiger partial charge in [-0.25, -0.2) is 14.0 Å². The van der Waals surface area contributed by atoms with Crippen molar-refractivity contribution in [2.24, 2.45) is 0 Å². The molecule has 0 radical (unpaired) electrons. The highest BCUT2D eigenvalue weighted by atomic mass is 19.1. The number of benzene rings is 1. The van der Waals surface area contributed by atoms with Gasteiger partial charge in [0.15, 0.2) is 0 Å². The third-order valence-electron chi connectivity index (χ3n) is 3.56. The Morgan fingerprint density at radius 3 is 2.52 bits per heavy atom. The smallest absolute Gasteiger partial charge is 0.407 e. The van der Waals surface area contributed by atoms with E-state index >= 15 is 0 Å². The molecule has 27 heavy (non-hydrogen) atoms. The van der Waals surface area contributed by atoms with Crippen molar-refractivity contribution in [2.45, 2.75) is 39.3 Å². The standard InChI is InChI=1S/C20H23FN2O4/c1-20(2,3)27-19(25)23-11-13-5-6-15(17(21)9-13)7-14-8-16(12-22-10-14)18(24)26-4/h5-6,8-10,12H,7,11H2,1-4H3,(H,23,25). The molecule has 0 bridgehead atoms.